The highest BCUT2D eigenvalue weighted by molar-refractivity contribution is 5.75. The monoisotopic (exact) mass is 319 g/mol. The molecule has 0 aromatic carbocycles. The summed E-state index contributed by atoms with van der Waals surface area (Å²) in [6.07, 6.45) is 8.32. The van der Waals surface area contributed by atoms with Gasteiger partial charge in [-0.1, -0.05) is 0 Å². The number of nitrogens with one attached hydrogen (secondary N) is 2. The molecule has 3 heterocycles. The van der Waals surface area contributed by atoms with Crippen LogP contribution >= 0.6 is 0 Å². The Balaban J connectivity index is 1.54. The lowest BCUT2D eigenvalue weighted by Gasteiger charge is -2.36. The van der Waals surface area contributed by atoms with Crippen molar-refractivity contribution in [3.63, 3.8) is 0 Å². The predicted molar refractivity (Wildman–Crippen MR) is 90.4 cm³/mol. The molecule has 1 atom stereocenters. The van der Waals surface area contributed by atoms with Crippen LogP contribution in [-0.2, 0) is 0 Å². The Kier molecular flexibility index (Phi) is 4.90. The fraction of sp³-hybridized carbons (Fsp3) is 0.765. The maximum Gasteiger partial charge on any atom is 0.317 e. The zero-order valence-electron chi connectivity index (χ0n) is 14.3. The van der Waals surface area contributed by atoms with Crippen LogP contribution in [0.1, 0.15) is 51.3 Å². The van der Waals surface area contributed by atoms with Crippen LogP contribution < -0.4 is 5.32 Å². The molecule has 2 saturated heterocycles. The van der Waals surface area contributed by atoms with Gasteiger partial charge in [0.05, 0.1) is 0 Å². The van der Waals surface area contributed by atoms with Gasteiger partial charge in [0.1, 0.15) is 5.82 Å². The van der Waals surface area contributed by atoms with Gasteiger partial charge in [0.2, 0.25) is 0 Å². The number of amides is 2. The molecule has 3 rings (SSSR count). The number of piperidine rings is 1. The van der Waals surface area contributed by atoms with Crippen molar-refractivity contribution in [2.75, 3.05) is 32.7 Å². The van der Waals surface area contributed by atoms with E-state index in [0.717, 1.165) is 51.4 Å². The summed E-state index contributed by atoms with van der Waals surface area (Å²) in [7, 11) is 0. The van der Waals surface area contributed by atoms with Gasteiger partial charge < -0.3 is 20.1 Å². The third-order valence-electron chi connectivity index (χ3n) is 4.88. The number of carbonyl (C=O) groups excluding carboxylic acids is 1. The first kappa shape index (κ1) is 16.3. The highest BCUT2D eigenvalue weighted by Gasteiger charge is 2.30. The Hall–Kier alpha value is -1.56. The number of hydrogen-bond acceptors (Lipinski definition) is 3. The van der Waals surface area contributed by atoms with Crippen molar-refractivity contribution >= 4 is 6.03 Å². The van der Waals surface area contributed by atoms with Crippen LogP contribution in [0, 0.1) is 0 Å². The normalized spacial score (nSPS) is 23.2. The van der Waals surface area contributed by atoms with E-state index in [0.29, 0.717) is 5.92 Å². The largest absolute Gasteiger partial charge is 0.348 e. The van der Waals surface area contributed by atoms with Gasteiger partial charge in [-0.2, -0.15) is 0 Å². The Morgan fingerprint density at radius 3 is 2.83 bits per heavy atom. The highest BCUT2D eigenvalue weighted by Crippen LogP contribution is 2.24. The van der Waals surface area contributed by atoms with Crippen molar-refractivity contribution in [1.29, 1.82) is 0 Å². The molecule has 0 aliphatic carbocycles. The Bertz CT molecular complexity index is 507. The van der Waals surface area contributed by atoms with Crippen LogP contribution in [0.5, 0.6) is 0 Å². The number of imidazole rings is 1. The van der Waals surface area contributed by atoms with Crippen LogP contribution in [-0.4, -0.2) is 64.1 Å². The SMILES string of the molecule is CC(C)(CN1CCCC1)NC(=O)N1CCC[C@@H](c2ncc[nH]2)C1. The summed E-state index contributed by atoms with van der Waals surface area (Å²) >= 11 is 0. The minimum atomic E-state index is -0.195. The molecule has 0 unspecified atom stereocenters. The fourth-order valence-electron chi connectivity index (χ4n) is 3.79. The molecule has 2 aliphatic heterocycles. The molecule has 23 heavy (non-hydrogen) atoms. The zero-order valence-corrected chi connectivity index (χ0v) is 14.3. The molecule has 2 amide bonds. The van der Waals surface area contributed by atoms with Gasteiger partial charge in [0, 0.05) is 43.5 Å². The molecule has 128 valence electrons. The number of likely N-dealkylation sites (tertiary alicyclic amines) is 2. The maximum atomic E-state index is 12.7. The molecule has 6 heteroatoms. The molecule has 1 aromatic rings. The summed E-state index contributed by atoms with van der Waals surface area (Å²) in [5.74, 6) is 1.32. The summed E-state index contributed by atoms with van der Waals surface area (Å²) in [6.45, 7) is 9.07. The molecule has 0 radical (unpaired) electrons. The lowest BCUT2D eigenvalue weighted by atomic mass is 9.97. The van der Waals surface area contributed by atoms with Crippen LogP contribution in [0.3, 0.4) is 0 Å². The number of urea groups is 1. The maximum absolute atomic E-state index is 12.7. The first-order chi connectivity index (χ1) is 11.0. The standard InChI is InChI=1S/C17H29N5O/c1-17(2,13-21-9-3-4-10-21)20-16(23)22-11-5-6-14(12-22)15-18-7-8-19-15/h7-8,14H,3-6,9-13H2,1-2H3,(H,18,19)(H,20,23)/t14-/m1/s1. The van der Waals surface area contributed by atoms with E-state index in [4.69, 9.17) is 0 Å². The molecular formula is C17H29N5O. The second-order valence-corrected chi connectivity index (χ2v) is 7.56. The van der Waals surface area contributed by atoms with Crippen molar-refractivity contribution in [2.45, 2.75) is 51.0 Å². The number of rotatable bonds is 4. The summed E-state index contributed by atoms with van der Waals surface area (Å²) in [5.41, 5.74) is -0.195. The quantitative estimate of drug-likeness (QED) is 0.894. The van der Waals surface area contributed by atoms with Crippen LogP contribution in [0.25, 0.3) is 0 Å². The number of aromatic nitrogens is 2. The van der Waals surface area contributed by atoms with Crippen molar-refractivity contribution < 1.29 is 4.79 Å². The Morgan fingerprint density at radius 2 is 2.13 bits per heavy atom. The van der Waals surface area contributed by atoms with Gasteiger partial charge in [0.25, 0.3) is 0 Å². The Labute approximate surface area is 138 Å². The lowest BCUT2D eigenvalue weighted by molar-refractivity contribution is 0.160. The zero-order chi connectivity index (χ0) is 16.3. The Morgan fingerprint density at radius 1 is 1.35 bits per heavy atom. The predicted octanol–water partition coefficient (Wildman–Crippen LogP) is 2.17. The van der Waals surface area contributed by atoms with Gasteiger partial charge in [-0.3, -0.25) is 0 Å². The van der Waals surface area contributed by atoms with E-state index in [2.05, 4.69) is 34.0 Å². The van der Waals surface area contributed by atoms with E-state index in [9.17, 15) is 4.79 Å². The molecule has 0 saturated carbocycles. The van der Waals surface area contributed by atoms with Crippen LogP contribution in [0.15, 0.2) is 12.4 Å². The molecule has 6 nitrogen and oxygen atoms in total. The number of H-pyrrole nitrogens is 1. The molecule has 2 N–H and O–H groups in total. The summed E-state index contributed by atoms with van der Waals surface area (Å²) in [5, 5.41) is 3.23. The van der Waals surface area contributed by atoms with E-state index in [1.165, 1.54) is 12.8 Å². The van der Waals surface area contributed by atoms with Crippen molar-refractivity contribution in [2.24, 2.45) is 0 Å². The van der Waals surface area contributed by atoms with Gasteiger partial charge >= 0.3 is 6.03 Å². The van der Waals surface area contributed by atoms with Crippen LogP contribution in [0.2, 0.25) is 0 Å². The number of nitrogens with zero attached hydrogens (tertiary/aromatic N) is 3. The minimum absolute atomic E-state index is 0.0606. The molecule has 2 fully saturated rings. The average Bonchev–Trinajstić information content (AvgIpc) is 3.19. The third kappa shape index (κ3) is 4.25. The molecule has 0 spiro atoms. The molecule has 1 aromatic heterocycles. The topological polar surface area (TPSA) is 64.3 Å². The van der Waals surface area contributed by atoms with E-state index in [-0.39, 0.29) is 11.6 Å². The summed E-state index contributed by atoms with van der Waals surface area (Å²) < 4.78 is 0. The number of hydrogen-bond donors (Lipinski definition) is 2. The van der Waals surface area contributed by atoms with Crippen molar-refractivity contribution in [1.82, 2.24) is 25.1 Å². The minimum Gasteiger partial charge on any atom is -0.348 e. The first-order valence-corrected chi connectivity index (χ1v) is 8.82. The number of carbonyl (C=O) groups is 1. The second-order valence-electron chi connectivity index (χ2n) is 7.56. The van der Waals surface area contributed by atoms with Crippen molar-refractivity contribution in [3.8, 4) is 0 Å². The van der Waals surface area contributed by atoms with E-state index < -0.39 is 0 Å². The van der Waals surface area contributed by atoms with Crippen molar-refractivity contribution in [3.05, 3.63) is 18.2 Å². The molecular weight excluding hydrogens is 290 g/mol. The van der Waals surface area contributed by atoms with Gasteiger partial charge in [-0.25, -0.2) is 9.78 Å². The average molecular weight is 319 g/mol. The third-order valence-corrected chi connectivity index (χ3v) is 4.88. The van der Waals surface area contributed by atoms with Gasteiger partial charge in [-0.15, -0.1) is 0 Å². The van der Waals surface area contributed by atoms with Gasteiger partial charge in [-0.05, 0) is 52.6 Å². The molecule has 0 bridgehead atoms. The first-order valence-electron chi connectivity index (χ1n) is 8.82. The smallest absolute Gasteiger partial charge is 0.317 e. The lowest BCUT2D eigenvalue weighted by Crippen LogP contribution is -2.56. The van der Waals surface area contributed by atoms with Gasteiger partial charge in [0.15, 0.2) is 0 Å². The number of aromatic amines is 1. The van der Waals surface area contributed by atoms with E-state index >= 15 is 0 Å². The van der Waals surface area contributed by atoms with E-state index in [1.807, 2.05) is 11.1 Å². The van der Waals surface area contributed by atoms with E-state index in [1.54, 1.807) is 6.20 Å². The summed E-state index contributed by atoms with van der Waals surface area (Å²) in [6, 6.07) is 0.0606. The summed E-state index contributed by atoms with van der Waals surface area (Å²) in [4.78, 5) is 24.6. The molecule has 2 aliphatic rings. The highest BCUT2D eigenvalue weighted by atomic mass is 16.2. The van der Waals surface area contributed by atoms with Crippen LogP contribution in [0.4, 0.5) is 4.79 Å². The fourth-order valence-corrected chi connectivity index (χ4v) is 3.79. The second kappa shape index (κ2) is 6.91.